The summed E-state index contributed by atoms with van der Waals surface area (Å²) in [4.78, 5) is 11.4. The van der Waals surface area contributed by atoms with Gasteiger partial charge in [-0.25, -0.2) is 0 Å². The quantitative estimate of drug-likeness (QED) is 0.753. The van der Waals surface area contributed by atoms with Gasteiger partial charge >= 0.3 is 0 Å². The van der Waals surface area contributed by atoms with Crippen molar-refractivity contribution in [2.75, 3.05) is 0 Å². The highest BCUT2D eigenvalue weighted by atomic mass is 16.1. The maximum absolute atomic E-state index is 11.4. The lowest BCUT2D eigenvalue weighted by atomic mass is 10.2. The molecule has 0 aliphatic heterocycles. The van der Waals surface area contributed by atoms with Crippen LogP contribution in [-0.4, -0.2) is 22.1 Å². The Balaban J connectivity index is 2.59. The fraction of sp³-hybridized carbons (Fsp3) is 0.444. The molecule has 0 bridgehead atoms. The van der Waals surface area contributed by atoms with Crippen molar-refractivity contribution in [2.45, 2.75) is 26.3 Å². The molecular weight excluding hydrogens is 166 g/mol. The summed E-state index contributed by atoms with van der Waals surface area (Å²) in [6, 6.07) is 1.84. The summed E-state index contributed by atoms with van der Waals surface area (Å²) >= 11 is 0. The highest BCUT2D eigenvalue weighted by molar-refractivity contribution is 5.93. The number of carbonyl (C=O) groups excluding carboxylic acids is 1. The molecule has 1 heterocycles. The zero-order valence-electron chi connectivity index (χ0n) is 7.82. The van der Waals surface area contributed by atoms with Crippen molar-refractivity contribution in [3.63, 3.8) is 0 Å². The van der Waals surface area contributed by atoms with Crippen LogP contribution in [0.15, 0.2) is 18.5 Å². The van der Waals surface area contributed by atoms with E-state index in [1.54, 1.807) is 6.07 Å². The van der Waals surface area contributed by atoms with Gasteiger partial charge in [0.25, 0.3) is 5.91 Å². The van der Waals surface area contributed by atoms with Crippen molar-refractivity contribution in [2.24, 2.45) is 0 Å². The number of amides is 1. The van der Waals surface area contributed by atoms with Gasteiger partial charge in [-0.15, -0.1) is 0 Å². The van der Waals surface area contributed by atoms with Crippen LogP contribution in [0.2, 0.25) is 0 Å². The molecule has 0 saturated carbocycles. The minimum atomic E-state index is -0.0933. The number of aromatic nitrogens is 2. The molecule has 13 heavy (non-hydrogen) atoms. The lowest BCUT2D eigenvalue weighted by Crippen LogP contribution is -2.31. The van der Waals surface area contributed by atoms with Crippen LogP contribution in [0.5, 0.6) is 0 Å². The predicted molar refractivity (Wildman–Crippen MR) is 49.3 cm³/mol. The van der Waals surface area contributed by atoms with Crippen LogP contribution in [0.1, 0.15) is 30.6 Å². The number of nitrogens with one attached hydrogen (secondary N) is 1. The Kier molecular flexibility index (Phi) is 3.37. The molecular formula is C9H13N3O. The molecule has 0 spiro atoms. The Labute approximate surface area is 77.4 Å². The van der Waals surface area contributed by atoms with Crippen LogP contribution in [0, 0.1) is 0 Å². The summed E-state index contributed by atoms with van der Waals surface area (Å²) in [6.45, 7) is 3.99. The molecule has 70 valence electrons. The van der Waals surface area contributed by atoms with Crippen LogP contribution in [-0.2, 0) is 0 Å². The second-order valence-corrected chi connectivity index (χ2v) is 2.91. The van der Waals surface area contributed by atoms with Crippen LogP contribution in [0.3, 0.4) is 0 Å². The first-order chi connectivity index (χ1) is 6.24. The zero-order chi connectivity index (χ0) is 9.68. The van der Waals surface area contributed by atoms with E-state index in [1.807, 2.05) is 13.8 Å². The van der Waals surface area contributed by atoms with E-state index < -0.39 is 0 Å². The first kappa shape index (κ1) is 9.64. The molecule has 0 saturated heterocycles. The van der Waals surface area contributed by atoms with E-state index in [4.69, 9.17) is 0 Å². The van der Waals surface area contributed by atoms with Gasteiger partial charge in [0.15, 0.2) is 0 Å². The Morgan fingerprint density at radius 3 is 2.92 bits per heavy atom. The molecule has 0 aromatic carbocycles. The van der Waals surface area contributed by atoms with Crippen molar-refractivity contribution < 1.29 is 4.79 Å². The first-order valence-electron chi connectivity index (χ1n) is 4.31. The number of rotatable bonds is 3. The molecule has 4 heteroatoms. The van der Waals surface area contributed by atoms with Gasteiger partial charge in [0.1, 0.15) is 0 Å². The molecule has 1 atom stereocenters. The fourth-order valence-corrected chi connectivity index (χ4v) is 0.834. The molecule has 4 nitrogen and oxygen atoms in total. The summed E-state index contributed by atoms with van der Waals surface area (Å²) in [5, 5.41) is 10.1. The van der Waals surface area contributed by atoms with E-state index >= 15 is 0 Å². The molecule has 1 unspecified atom stereocenters. The molecule has 0 aliphatic carbocycles. The Bertz CT molecular complexity index is 273. The van der Waals surface area contributed by atoms with Gasteiger partial charge in [0.05, 0.1) is 18.0 Å². The zero-order valence-corrected chi connectivity index (χ0v) is 7.82. The van der Waals surface area contributed by atoms with Crippen molar-refractivity contribution in [3.8, 4) is 0 Å². The van der Waals surface area contributed by atoms with Gasteiger partial charge in [-0.05, 0) is 19.4 Å². The van der Waals surface area contributed by atoms with E-state index in [0.717, 1.165) is 6.42 Å². The van der Waals surface area contributed by atoms with Crippen LogP contribution in [0.4, 0.5) is 0 Å². The van der Waals surface area contributed by atoms with E-state index in [1.165, 1.54) is 12.4 Å². The smallest absolute Gasteiger partial charge is 0.253 e. The second-order valence-electron chi connectivity index (χ2n) is 2.91. The molecule has 1 rings (SSSR count). The van der Waals surface area contributed by atoms with Crippen LogP contribution in [0.25, 0.3) is 0 Å². The van der Waals surface area contributed by atoms with Gasteiger partial charge in [-0.1, -0.05) is 6.92 Å². The van der Waals surface area contributed by atoms with Gasteiger partial charge in [0.2, 0.25) is 0 Å². The van der Waals surface area contributed by atoms with E-state index in [9.17, 15) is 4.79 Å². The normalized spacial score (nSPS) is 12.2. The summed E-state index contributed by atoms with van der Waals surface area (Å²) in [6.07, 6.45) is 3.88. The van der Waals surface area contributed by atoms with Gasteiger partial charge in [0, 0.05) is 6.04 Å². The van der Waals surface area contributed by atoms with Gasteiger partial charge < -0.3 is 5.32 Å². The third-order valence-corrected chi connectivity index (χ3v) is 1.84. The second kappa shape index (κ2) is 4.54. The molecule has 0 fully saturated rings. The Hall–Kier alpha value is -1.45. The predicted octanol–water partition coefficient (Wildman–Crippen LogP) is 1.00. The number of nitrogens with zero attached hydrogens (tertiary/aromatic N) is 2. The highest BCUT2D eigenvalue weighted by Gasteiger charge is 2.07. The molecule has 0 radical (unpaired) electrons. The number of hydrogen-bond acceptors (Lipinski definition) is 3. The SMILES string of the molecule is CCC(C)NC(=O)c1ccnnc1. The van der Waals surface area contributed by atoms with Crippen molar-refractivity contribution in [1.82, 2.24) is 15.5 Å². The maximum Gasteiger partial charge on any atom is 0.253 e. The minimum absolute atomic E-state index is 0.0933. The van der Waals surface area contributed by atoms with E-state index in [0.29, 0.717) is 5.56 Å². The summed E-state index contributed by atoms with van der Waals surface area (Å²) in [7, 11) is 0. The van der Waals surface area contributed by atoms with Crippen LogP contribution >= 0.6 is 0 Å². The lowest BCUT2D eigenvalue weighted by Gasteiger charge is -2.10. The third kappa shape index (κ3) is 2.82. The van der Waals surface area contributed by atoms with Crippen molar-refractivity contribution in [1.29, 1.82) is 0 Å². The average molecular weight is 179 g/mol. The maximum atomic E-state index is 11.4. The summed E-state index contributed by atoms with van der Waals surface area (Å²) in [5.74, 6) is -0.0933. The van der Waals surface area contributed by atoms with Gasteiger partial charge in [-0.2, -0.15) is 10.2 Å². The minimum Gasteiger partial charge on any atom is -0.350 e. The molecule has 1 aromatic heterocycles. The van der Waals surface area contributed by atoms with E-state index in [-0.39, 0.29) is 11.9 Å². The van der Waals surface area contributed by atoms with Crippen molar-refractivity contribution >= 4 is 5.91 Å². The van der Waals surface area contributed by atoms with Gasteiger partial charge in [-0.3, -0.25) is 4.79 Å². The lowest BCUT2D eigenvalue weighted by molar-refractivity contribution is 0.0938. The summed E-state index contributed by atoms with van der Waals surface area (Å²) in [5.41, 5.74) is 0.551. The number of hydrogen-bond donors (Lipinski definition) is 1. The Morgan fingerprint density at radius 1 is 1.62 bits per heavy atom. The molecule has 0 aliphatic rings. The molecule has 1 aromatic rings. The highest BCUT2D eigenvalue weighted by Crippen LogP contribution is 1.96. The largest absolute Gasteiger partial charge is 0.350 e. The third-order valence-electron chi connectivity index (χ3n) is 1.84. The topological polar surface area (TPSA) is 54.9 Å². The fourth-order valence-electron chi connectivity index (χ4n) is 0.834. The molecule has 1 amide bonds. The average Bonchev–Trinajstić information content (AvgIpc) is 2.19. The monoisotopic (exact) mass is 179 g/mol. The standard InChI is InChI=1S/C9H13N3O/c1-3-7(2)12-9(13)8-4-5-10-11-6-8/h4-7H,3H2,1-2H3,(H,12,13). The van der Waals surface area contributed by atoms with Crippen LogP contribution < -0.4 is 5.32 Å². The molecule has 1 N–H and O–H groups in total. The van der Waals surface area contributed by atoms with Crippen molar-refractivity contribution in [3.05, 3.63) is 24.0 Å². The Morgan fingerprint density at radius 2 is 2.38 bits per heavy atom. The summed E-state index contributed by atoms with van der Waals surface area (Å²) < 4.78 is 0. The number of carbonyl (C=O) groups is 1. The first-order valence-corrected chi connectivity index (χ1v) is 4.31. The van der Waals surface area contributed by atoms with E-state index in [2.05, 4.69) is 15.5 Å².